The summed E-state index contributed by atoms with van der Waals surface area (Å²) in [6.45, 7) is 15.9. The van der Waals surface area contributed by atoms with Crippen molar-refractivity contribution in [3.63, 3.8) is 0 Å². The van der Waals surface area contributed by atoms with E-state index < -0.39 is 27.3 Å². The lowest BCUT2D eigenvalue weighted by molar-refractivity contribution is 0.0888. The van der Waals surface area contributed by atoms with Gasteiger partial charge in [-0.05, 0) is 94.1 Å². The van der Waals surface area contributed by atoms with E-state index in [4.69, 9.17) is 46.4 Å². The van der Waals surface area contributed by atoms with Gasteiger partial charge in [0.05, 0.1) is 53.1 Å². The van der Waals surface area contributed by atoms with Crippen molar-refractivity contribution in [3.8, 4) is 0 Å². The summed E-state index contributed by atoms with van der Waals surface area (Å²) in [6, 6.07) is 14.7. The second-order valence-corrected chi connectivity index (χ2v) is 17.8. The molecule has 1 aliphatic rings. The Labute approximate surface area is 370 Å². The maximum Gasteiger partial charge on any atom is 0.233 e. The number of pyridine rings is 1. The number of benzene rings is 3. The number of sulfone groups is 1. The molecule has 3 N–H and O–H groups in total. The molecule has 0 unspecified atom stereocenters. The number of rotatable bonds is 20. The maximum atomic E-state index is 13.7. The molecule has 0 aliphatic heterocycles. The number of carbonyl (C=O) groups is 2. The molecule has 3 aromatic carbocycles. The molecule has 2 heterocycles. The number of Topliss-reactive ketones (excluding diaryl/α,β-unsaturated/α-hetero) is 2. The minimum Gasteiger partial charge on any atom is -0.354 e. The number of nitrogens with one attached hydrogen (secondary N) is 3. The Morgan fingerprint density at radius 2 is 1.13 bits per heavy atom. The van der Waals surface area contributed by atoms with Gasteiger partial charge in [0.25, 0.3) is 0 Å². The standard InChI is InChI=1S/C42H47Cl4N9O4S/c1-5-54(6-2)21-9-19-47-40-51-41(48-20-10-22-55(7-3)8-4)53-42(52-40)49-27-14-16-28(17-15-27)60(58,59)24-25-11-12-26-13-18-29(50-30(26)23-25)31-38(56)32-33(39(31)57)35(44)37(46)36(45)34(32)43/h11-18,23,31H,5-10,19-22,24H2,1-4H3,(H3,47,48,49,51,52,53). The van der Waals surface area contributed by atoms with Gasteiger partial charge in [-0.3, -0.25) is 14.6 Å². The van der Waals surface area contributed by atoms with Crippen LogP contribution >= 0.6 is 46.4 Å². The summed E-state index contributed by atoms with van der Waals surface area (Å²) in [5.41, 5.74) is 1.42. The molecule has 60 heavy (non-hydrogen) atoms. The van der Waals surface area contributed by atoms with E-state index in [-0.39, 0.29) is 47.6 Å². The van der Waals surface area contributed by atoms with Crippen molar-refractivity contribution >= 4 is 102 Å². The summed E-state index contributed by atoms with van der Waals surface area (Å²) in [5.74, 6) is -1.66. The first kappa shape index (κ1) is 45.4. The van der Waals surface area contributed by atoms with Gasteiger partial charge in [-0.25, -0.2) is 8.42 Å². The van der Waals surface area contributed by atoms with Gasteiger partial charge in [-0.2, -0.15) is 15.0 Å². The zero-order chi connectivity index (χ0) is 43.1. The van der Waals surface area contributed by atoms with E-state index in [1.165, 1.54) is 12.1 Å². The Hall–Kier alpha value is -4.15. The quantitative estimate of drug-likeness (QED) is 0.0294. The molecule has 13 nitrogen and oxygen atoms in total. The minimum atomic E-state index is -3.81. The van der Waals surface area contributed by atoms with Gasteiger partial charge in [0.15, 0.2) is 21.4 Å². The van der Waals surface area contributed by atoms with Crippen molar-refractivity contribution in [1.29, 1.82) is 0 Å². The fourth-order valence-electron chi connectivity index (χ4n) is 7.05. The van der Waals surface area contributed by atoms with Crippen molar-refractivity contribution in [2.24, 2.45) is 0 Å². The zero-order valence-electron chi connectivity index (χ0n) is 33.8. The highest BCUT2D eigenvalue weighted by Gasteiger charge is 2.45. The Kier molecular flexibility index (Phi) is 15.2. The van der Waals surface area contributed by atoms with E-state index in [0.717, 1.165) is 52.1 Å². The molecule has 6 rings (SSSR count). The third-order valence-electron chi connectivity index (χ3n) is 10.5. The highest BCUT2D eigenvalue weighted by molar-refractivity contribution is 7.90. The Balaban J connectivity index is 1.15. The molecule has 0 radical (unpaired) electrons. The highest BCUT2D eigenvalue weighted by Crippen LogP contribution is 2.48. The SMILES string of the molecule is CCN(CC)CCCNc1nc(NCCCN(CC)CC)nc(Nc2ccc(S(=O)(=O)Cc3ccc4ccc(C5C(=O)c6c(Cl)c(Cl)c(Cl)c(Cl)c6C5=O)nc4c3)cc2)n1. The molecular weight excluding hydrogens is 868 g/mol. The van der Waals surface area contributed by atoms with Crippen LogP contribution in [0.25, 0.3) is 10.9 Å². The van der Waals surface area contributed by atoms with Crippen LogP contribution in [0.4, 0.5) is 23.5 Å². The second-order valence-electron chi connectivity index (χ2n) is 14.3. The Morgan fingerprint density at radius 1 is 0.633 bits per heavy atom. The number of fused-ring (bicyclic) bond motifs is 2. The summed E-state index contributed by atoms with van der Waals surface area (Å²) in [6.07, 6.45) is 1.84. The van der Waals surface area contributed by atoms with Crippen LogP contribution in [0.5, 0.6) is 0 Å². The largest absolute Gasteiger partial charge is 0.354 e. The van der Waals surface area contributed by atoms with E-state index in [9.17, 15) is 18.0 Å². The van der Waals surface area contributed by atoms with Crippen LogP contribution in [-0.4, -0.2) is 102 Å². The number of hydrogen-bond acceptors (Lipinski definition) is 13. The zero-order valence-corrected chi connectivity index (χ0v) is 37.6. The Bertz CT molecular complexity index is 2400. The third-order valence-corrected chi connectivity index (χ3v) is 14.0. The lowest BCUT2D eigenvalue weighted by Crippen LogP contribution is -2.26. The lowest BCUT2D eigenvalue weighted by Gasteiger charge is -2.18. The van der Waals surface area contributed by atoms with E-state index >= 15 is 0 Å². The minimum absolute atomic E-state index is 0.0976. The summed E-state index contributed by atoms with van der Waals surface area (Å²) in [7, 11) is -3.81. The van der Waals surface area contributed by atoms with Crippen LogP contribution in [0.1, 0.15) is 78.4 Å². The van der Waals surface area contributed by atoms with E-state index in [1.54, 1.807) is 42.5 Å². The van der Waals surface area contributed by atoms with E-state index in [2.05, 4.69) is 73.4 Å². The molecule has 0 saturated heterocycles. The first-order valence-electron chi connectivity index (χ1n) is 19.9. The van der Waals surface area contributed by atoms with Crippen LogP contribution in [0.2, 0.25) is 20.1 Å². The van der Waals surface area contributed by atoms with Crippen LogP contribution in [0.15, 0.2) is 59.5 Å². The van der Waals surface area contributed by atoms with Crippen molar-refractivity contribution in [3.05, 3.63) is 97.1 Å². The van der Waals surface area contributed by atoms with Gasteiger partial charge in [-0.15, -0.1) is 0 Å². The molecule has 0 saturated carbocycles. The molecule has 2 aromatic heterocycles. The normalized spacial score (nSPS) is 13.2. The number of nitrogens with zero attached hydrogens (tertiary/aromatic N) is 6. The summed E-state index contributed by atoms with van der Waals surface area (Å²) in [5, 5.41) is 10.0. The summed E-state index contributed by atoms with van der Waals surface area (Å²) >= 11 is 25.0. The first-order valence-corrected chi connectivity index (χ1v) is 23.1. The predicted molar refractivity (Wildman–Crippen MR) is 242 cm³/mol. The fourth-order valence-corrected chi connectivity index (χ4v) is 9.43. The number of halogens is 4. The molecule has 0 bridgehead atoms. The van der Waals surface area contributed by atoms with Crippen molar-refractivity contribution in [1.82, 2.24) is 29.7 Å². The lowest BCUT2D eigenvalue weighted by atomic mass is 9.98. The number of carbonyl (C=O) groups excluding carboxylic acids is 2. The summed E-state index contributed by atoms with van der Waals surface area (Å²) in [4.78, 5) is 50.3. The van der Waals surface area contributed by atoms with Gasteiger partial charge >= 0.3 is 0 Å². The van der Waals surface area contributed by atoms with Gasteiger partial charge in [-0.1, -0.05) is 92.3 Å². The maximum absolute atomic E-state index is 13.7. The molecule has 318 valence electrons. The number of aromatic nitrogens is 4. The van der Waals surface area contributed by atoms with E-state index in [1.807, 2.05) is 0 Å². The van der Waals surface area contributed by atoms with Crippen molar-refractivity contribution < 1.29 is 18.0 Å². The second kappa shape index (κ2) is 20.1. The molecule has 5 aromatic rings. The summed E-state index contributed by atoms with van der Waals surface area (Å²) < 4.78 is 27.4. The number of anilines is 4. The monoisotopic (exact) mass is 913 g/mol. The average Bonchev–Trinajstić information content (AvgIpc) is 3.51. The first-order chi connectivity index (χ1) is 28.8. The molecule has 0 fully saturated rings. The topological polar surface area (TPSA) is 162 Å². The highest BCUT2D eigenvalue weighted by atomic mass is 35.5. The molecule has 1 aliphatic carbocycles. The van der Waals surface area contributed by atoms with Gasteiger partial charge < -0.3 is 25.8 Å². The fraction of sp³-hybridized carbons (Fsp3) is 0.381. The van der Waals surface area contributed by atoms with Gasteiger partial charge in [0, 0.05) is 24.2 Å². The molecule has 18 heteroatoms. The van der Waals surface area contributed by atoms with Crippen molar-refractivity contribution in [2.75, 3.05) is 68.3 Å². The van der Waals surface area contributed by atoms with Gasteiger partial charge in [0.1, 0.15) is 5.92 Å². The molecule has 0 amide bonds. The van der Waals surface area contributed by atoms with Gasteiger partial charge in [0.2, 0.25) is 17.8 Å². The third kappa shape index (κ3) is 10.3. The van der Waals surface area contributed by atoms with E-state index in [0.29, 0.717) is 53.1 Å². The van der Waals surface area contributed by atoms with Crippen LogP contribution < -0.4 is 16.0 Å². The van der Waals surface area contributed by atoms with Crippen LogP contribution in [-0.2, 0) is 15.6 Å². The predicted octanol–water partition coefficient (Wildman–Crippen LogP) is 9.20. The number of hydrogen-bond donors (Lipinski definition) is 3. The molecular formula is C42H47Cl4N9O4S. The van der Waals surface area contributed by atoms with Crippen molar-refractivity contribution in [2.45, 2.75) is 57.1 Å². The Morgan fingerprint density at radius 3 is 1.65 bits per heavy atom. The van der Waals surface area contributed by atoms with Crippen LogP contribution in [0, 0.1) is 0 Å². The van der Waals surface area contributed by atoms with Crippen LogP contribution in [0.3, 0.4) is 0 Å². The number of ketones is 2. The molecule has 0 atom stereocenters. The smallest absolute Gasteiger partial charge is 0.233 e. The molecule has 0 spiro atoms. The average molecular weight is 916 g/mol.